The second kappa shape index (κ2) is 7.73. The average Bonchev–Trinajstić information content (AvgIpc) is 2.33. The molecular formula is C12H20N4O. The van der Waals surface area contributed by atoms with Crippen molar-refractivity contribution in [1.29, 1.82) is 0 Å². The van der Waals surface area contributed by atoms with Crippen molar-refractivity contribution in [3.63, 3.8) is 0 Å². The van der Waals surface area contributed by atoms with E-state index in [9.17, 15) is 4.79 Å². The maximum absolute atomic E-state index is 11.4. The van der Waals surface area contributed by atoms with Crippen LogP contribution in [0.4, 0.5) is 0 Å². The zero-order valence-electron chi connectivity index (χ0n) is 10.4. The lowest BCUT2D eigenvalue weighted by molar-refractivity contribution is -0.121. The summed E-state index contributed by atoms with van der Waals surface area (Å²) in [6.45, 7) is 6.12. The van der Waals surface area contributed by atoms with Gasteiger partial charge in [-0.2, -0.15) is 0 Å². The second-order valence-corrected chi connectivity index (χ2v) is 4.29. The van der Waals surface area contributed by atoms with E-state index >= 15 is 0 Å². The van der Waals surface area contributed by atoms with Gasteiger partial charge in [-0.3, -0.25) is 4.79 Å². The van der Waals surface area contributed by atoms with Gasteiger partial charge in [-0.15, -0.1) is 0 Å². The lowest BCUT2D eigenvalue weighted by Gasteiger charge is -2.07. The van der Waals surface area contributed by atoms with Gasteiger partial charge in [0.1, 0.15) is 5.82 Å². The van der Waals surface area contributed by atoms with Gasteiger partial charge in [0.05, 0.1) is 6.54 Å². The minimum absolute atomic E-state index is 0.0835. The minimum Gasteiger partial charge on any atom is -0.356 e. The first kappa shape index (κ1) is 13.6. The fourth-order valence-corrected chi connectivity index (χ4v) is 1.23. The van der Waals surface area contributed by atoms with Crippen LogP contribution in [0.1, 0.15) is 26.1 Å². The van der Waals surface area contributed by atoms with E-state index in [-0.39, 0.29) is 5.91 Å². The van der Waals surface area contributed by atoms with Crippen LogP contribution in [0.3, 0.4) is 0 Å². The Balaban J connectivity index is 2.06. The maximum Gasteiger partial charge on any atom is 0.221 e. The lowest BCUT2D eigenvalue weighted by Crippen LogP contribution is -2.30. The molecular weight excluding hydrogens is 216 g/mol. The quantitative estimate of drug-likeness (QED) is 0.685. The molecule has 0 unspecified atom stereocenters. The van der Waals surface area contributed by atoms with Gasteiger partial charge in [0, 0.05) is 31.9 Å². The monoisotopic (exact) mass is 236 g/mol. The standard InChI is InChI=1S/C12H20N4O/c1-10(2)8-16-12(17)4-7-13-9-11-14-5-3-6-15-11/h3,5-6,10,13H,4,7-9H2,1-2H3,(H,16,17). The van der Waals surface area contributed by atoms with Crippen molar-refractivity contribution in [2.75, 3.05) is 13.1 Å². The fraction of sp³-hybridized carbons (Fsp3) is 0.583. The number of rotatable bonds is 7. The topological polar surface area (TPSA) is 66.9 Å². The number of carbonyl (C=O) groups is 1. The van der Waals surface area contributed by atoms with Gasteiger partial charge < -0.3 is 10.6 Å². The number of amides is 1. The van der Waals surface area contributed by atoms with E-state index in [1.54, 1.807) is 18.5 Å². The Morgan fingerprint density at radius 2 is 2.06 bits per heavy atom. The van der Waals surface area contributed by atoms with Crippen LogP contribution in [0.5, 0.6) is 0 Å². The smallest absolute Gasteiger partial charge is 0.221 e. The zero-order valence-corrected chi connectivity index (χ0v) is 10.4. The summed E-state index contributed by atoms with van der Waals surface area (Å²) in [5.41, 5.74) is 0. The molecule has 0 fully saturated rings. The Morgan fingerprint density at radius 1 is 1.35 bits per heavy atom. The normalized spacial score (nSPS) is 10.5. The molecule has 1 heterocycles. The van der Waals surface area contributed by atoms with Crippen LogP contribution in [0.15, 0.2) is 18.5 Å². The van der Waals surface area contributed by atoms with Gasteiger partial charge in [-0.25, -0.2) is 9.97 Å². The van der Waals surface area contributed by atoms with Crippen molar-refractivity contribution in [3.8, 4) is 0 Å². The van der Waals surface area contributed by atoms with Crippen molar-refractivity contribution >= 4 is 5.91 Å². The van der Waals surface area contributed by atoms with E-state index in [4.69, 9.17) is 0 Å². The van der Waals surface area contributed by atoms with Gasteiger partial charge >= 0.3 is 0 Å². The number of hydrogen-bond donors (Lipinski definition) is 2. The lowest BCUT2D eigenvalue weighted by atomic mass is 10.2. The maximum atomic E-state index is 11.4. The Bertz CT molecular complexity index is 327. The Kier molecular flexibility index (Phi) is 6.17. The van der Waals surface area contributed by atoms with Crippen LogP contribution in [0, 0.1) is 5.92 Å². The third-order valence-electron chi connectivity index (χ3n) is 2.14. The summed E-state index contributed by atoms with van der Waals surface area (Å²) < 4.78 is 0. The highest BCUT2D eigenvalue weighted by molar-refractivity contribution is 5.76. The summed E-state index contributed by atoms with van der Waals surface area (Å²) in [5, 5.41) is 6.00. The highest BCUT2D eigenvalue weighted by Gasteiger charge is 2.01. The van der Waals surface area contributed by atoms with Crippen LogP contribution >= 0.6 is 0 Å². The summed E-state index contributed by atoms with van der Waals surface area (Å²) in [6, 6.07) is 1.78. The van der Waals surface area contributed by atoms with Gasteiger partial charge in [-0.1, -0.05) is 13.8 Å². The molecule has 0 aliphatic rings. The molecule has 5 heteroatoms. The average molecular weight is 236 g/mol. The summed E-state index contributed by atoms with van der Waals surface area (Å²) in [4.78, 5) is 19.5. The largest absolute Gasteiger partial charge is 0.356 e. The van der Waals surface area contributed by atoms with Crippen LogP contribution in [-0.4, -0.2) is 29.0 Å². The van der Waals surface area contributed by atoms with E-state index in [0.717, 1.165) is 12.4 Å². The molecule has 0 spiro atoms. The molecule has 1 aromatic rings. The number of aromatic nitrogens is 2. The molecule has 0 radical (unpaired) electrons. The van der Waals surface area contributed by atoms with Crippen molar-refractivity contribution in [2.45, 2.75) is 26.8 Å². The Labute approximate surface area is 102 Å². The number of hydrogen-bond acceptors (Lipinski definition) is 4. The number of carbonyl (C=O) groups excluding carboxylic acids is 1. The van der Waals surface area contributed by atoms with Crippen LogP contribution < -0.4 is 10.6 Å². The van der Waals surface area contributed by atoms with E-state index in [1.807, 2.05) is 0 Å². The van der Waals surface area contributed by atoms with E-state index in [0.29, 0.717) is 25.4 Å². The van der Waals surface area contributed by atoms with E-state index < -0.39 is 0 Å². The predicted molar refractivity (Wildman–Crippen MR) is 66.2 cm³/mol. The molecule has 17 heavy (non-hydrogen) atoms. The minimum atomic E-state index is 0.0835. The first-order valence-electron chi connectivity index (χ1n) is 5.92. The fourth-order valence-electron chi connectivity index (χ4n) is 1.23. The highest BCUT2D eigenvalue weighted by Crippen LogP contribution is 1.89. The van der Waals surface area contributed by atoms with Gasteiger partial charge in [0.2, 0.25) is 5.91 Å². The van der Waals surface area contributed by atoms with Crippen molar-refractivity contribution < 1.29 is 4.79 Å². The molecule has 1 rings (SSSR count). The molecule has 0 atom stereocenters. The molecule has 0 aliphatic carbocycles. The first-order valence-corrected chi connectivity index (χ1v) is 5.92. The summed E-state index contributed by atoms with van der Waals surface area (Å²) >= 11 is 0. The van der Waals surface area contributed by atoms with Crippen LogP contribution in [0.2, 0.25) is 0 Å². The molecule has 1 amide bonds. The molecule has 0 aromatic carbocycles. The van der Waals surface area contributed by atoms with Gasteiger partial charge in [0.25, 0.3) is 0 Å². The molecule has 1 aromatic heterocycles. The molecule has 0 saturated heterocycles. The second-order valence-electron chi connectivity index (χ2n) is 4.29. The predicted octanol–water partition coefficient (Wildman–Crippen LogP) is 0.728. The van der Waals surface area contributed by atoms with Gasteiger partial charge in [-0.05, 0) is 12.0 Å². The number of nitrogens with one attached hydrogen (secondary N) is 2. The third kappa shape index (κ3) is 6.63. The molecule has 5 nitrogen and oxygen atoms in total. The van der Waals surface area contributed by atoms with Crippen LogP contribution in [0.25, 0.3) is 0 Å². The SMILES string of the molecule is CC(C)CNC(=O)CCNCc1ncccn1. The Hall–Kier alpha value is -1.49. The summed E-state index contributed by atoms with van der Waals surface area (Å²) in [7, 11) is 0. The first-order chi connectivity index (χ1) is 8.18. The van der Waals surface area contributed by atoms with Gasteiger partial charge in [0.15, 0.2) is 0 Å². The Morgan fingerprint density at radius 3 is 2.71 bits per heavy atom. The van der Waals surface area contributed by atoms with Crippen LogP contribution in [-0.2, 0) is 11.3 Å². The van der Waals surface area contributed by atoms with E-state index in [2.05, 4.69) is 34.4 Å². The third-order valence-corrected chi connectivity index (χ3v) is 2.14. The molecule has 0 saturated carbocycles. The highest BCUT2D eigenvalue weighted by atomic mass is 16.1. The molecule has 0 bridgehead atoms. The van der Waals surface area contributed by atoms with Crippen molar-refractivity contribution in [3.05, 3.63) is 24.3 Å². The molecule has 94 valence electrons. The van der Waals surface area contributed by atoms with Crippen molar-refractivity contribution in [1.82, 2.24) is 20.6 Å². The molecule has 2 N–H and O–H groups in total. The van der Waals surface area contributed by atoms with Crippen molar-refractivity contribution in [2.24, 2.45) is 5.92 Å². The molecule has 0 aliphatic heterocycles. The zero-order chi connectivity index (χ0) is 12.5. The number of nitrogens with zero attached hydrogens (tertiary/aromatic N) is 2. The summed E-state index contributed by atoms with van der Waals surface area (Å²) in [5.74, 6) is 1.32. The van der Waals surface area contributed by atoms with E-state index in [1.165, 1.54) is 0 Å². The summed E-state index contributed by atoms with van der Waals surface area (Å²) in [6.07, 6.45) is 3.90.